The summed E-state index contributed by atoms with van der Waals surface area (Å²) >= 11 is 0. The second kappa shape index (κ2) is 11.3. The normalized spacial score (nSPS) is 30.4. The minimum absolute atomic E-state index is 0.0345. The highest BCUT2D eigenvalue weighted by molar-refractivity contribution is 7.86. The van der Waals surface area contributed by atoms with Gasteiger partial charge in [0, 0.05) is 14.2 Å². The van der Waals surface area contributed by atoms with Gasteiger partial charge in [-0.3, -0.25) is 4.18 Å². The van der Waals surface area contributed by atoms with E-state index in [-0.39, 0.29) is 35.7 Å². The lowest BCUT2D eigenvalue weighted by Gasteiger charge is -2.53. The SMILES string of the molecule is COCOc1ccc2c(c1)C[C@@H](COS(=O)(=O)c1ccc(C)cc1)C1C2CC[C@@]2(C)C1CC[C@@H]2OCOC. The third-order valence-electron chi connectivity index (χ3n) is 9.26. The molecule has 7 nitrogen and oxygen atoms in total. The fourth-order valence-corrected chi connectivity index (χ4v) is 8.43. The van der Waals surface area contributed by atoms with Crippen LogP contribution in [-0.4, -0.2) is 48.9 Å². The molecule has 3 aliphatic rings. The highest BCUT2D eigenvalue weighted by Crippen LogP contribution is 2.63. The Bertz CT molecular complexity index is 1210. The largest absolute Gasteiger partial charge is 0.468 e. The van der Waals surface area contributed by atoms with Crippen LogP contribution in [0.1, 0.15) is 55.2 Å². The first-order valence-electron chi connectivity index (χ1n) is 13.6. The smallest absolute Gasteiger partial charge is 0.296 e. The van der Waals surface area contributed by atoms with Gasteiger partial charge in [-0.15, -0.1) is 0 Å². The average Bonchev–Trinajstić information content (AvgIpc) is 3.25. The van der Waals surface area contributed by atoms with Gasteiger partial charge in [0.1, 0.15) is 12.5 Å². The molecule has 0 N–H and O–H groups in total. The molecule has 0 amide bonds. The van der Waals surface area contributed by atoms with E-state index in [4.69, 9.17) is 23.1 Å². The van der Waals surface area contributed by atoms with Crippen LogP contribution in [0.2, 0.25) is 0 Å². The van der Waals surface area contributed by atoms with E-state index >= 15 is 0 Å². The number of hydrogen-bond donors (Lipinski definition) is 0. The molecule has 3 aliphatic carbocycles. The van der Waals surface area contributed by atoms with Crippen molar-refractivity contribution in [3.8, 4) is 5.75 Å². The number of hydrogen-bond acceptors (Lipinski definition) is 7. The Hall–Kier alpha value is -1.97. The van der Waals surface area contributed by atoms with E-state index in [0.29, 0.717) is 24.5 Å². The molecular weight excluding hydrogens is 504 g/mol. The molecule has 208 valence electrons. The molecule has 3 unspecified atom stereocenters. The van der Waals surface area contributed by atoms with Gasteiger partial charge in [-0.1, -0.05) is 30.7 Å². The van der Waals surface area contributed by atoms with Crippen molar-refractivity contribution in [2.45, 2.75) is 62.9 Å². The first-order valence-corrected chi connectivity index (χ1v) is 15.0. The van der Waals surface area contributed by atoms with Gasteiger partial charge in [0.15, 0.2) is 6.79 Å². The maximum Gasteiger partial charge on any atom is 0.296 e. The number of aryl methyl sites for hydroxylation is 1. The number of fused-ring (bicyclic) bond motifs is 5. The predicted molar refractivity (Wildman–Crippen MR) is 144 cm³/mol. The Balaban J connectivity index is 1.44. The van der Waals surface area contributed by atoms with Gasteiger partial charge in [0.2, 0.25) is 0 Å². The summed E-state index contributed by atoms with van der Waals surface area (Å²) in [6, 6.07) is 13.2. The van der Waals surface area contributed by atoms with Crippen LogP contribution in [0.15, 0.2) is 47.4 Å². The van der Waals surface area contributed by atoms with Gasteiger partial charge in [-0.25, -0.2) is 0 Å². The monoisotopic (exact) mass is 544 g/mol. The molecule has 0 heterocycles. The quantitative estimate of drug-likeness (QED) is 0.290. The summed E-state index contributed by atoms with van der Waals surface area (Å²) in [5.74, 6) is 1.93. The molecule has 0 spiro atoms. The van der Waals surface area contributed by atoms with Crippen molar-refractivity contribution in [1.82, 2.24) is 0 Å². The van der Waals surface area contributed by atoms with E-state index in [9.17, 15) is 8.42 Å². The van der Waals surface area contributed by atoms with E-state index in [0.717, 1.165) is 43.4 Å². The number of ether oxygens (including phenoxy) is 4. The van der Waals surface area contributed by atoms with Gasteiger partial charge in [-0.05, 0) is 104 Å². The fraction of sp³-hybridized carbons (Fsp3) is 0.600. The van der Waals surface area contributed by atoms with E-state index in [1.807, 2.05) is 13.0 Å². The Kier molecular flexibility index (Phi) is 8.17. The van der Waals surface area contributed by atoms with Crippen LogP contribution in [0.5, 0.6) is 5.75 Å². The van der Waals surface area contributed by atoms with Crippen LogP contribution in [0.25, 0.3) is 0 Å². The van der Waals surface area contributed by atoms with E-state index in [1.165, 1.54) is 11.1 Å². The summed E-state index contributed by atoms with van der Waals surface area (Å²) in [4.78, 5) is 0.202. The molecule has 8 heteroatoms. The van der Waals surface area contributed by atoms with Gasteiger partial charge < -0.3 is 18.9 Å². The molecule has 6 atom stereocenters. The number of benzene rings is 2. The second-order valence-electron chi connectivity index (χ2n) is 11.4. The second-order valence-corrected chi connectivity index (χ2v) is 13.0. The first kappa shape index (κ1) is 27.6. The molecular formula is C30H40O7S. The zero-order chi connectivity index (χ0) is 26.9. The minimum atomic E-state index is -3.85. The Morgan fingerprint density at radius 3 is 2.47 bits per heavy atom. The lowest BCUT2D eigenvalue weighted by atomic mass is 9.52. The summed E-state index contributed by atoms with van der Waals surface area (Å²) in [6.07, 6.45) is 5.08. The van der Waals surface area contributed by atoms with Crippen LogP contribution in [0.4, 0.5) is 0 Å². The molecule has 0 radical (unpaired) electrons. The maximum atomic E-state index is 13.1. The fourth-order valence-electron chi connectivity index (χ4n) is 7.47. The van der Waals surface area contributed by atoms with E-state index < -0.39 is 10.1 Å². The summed E-state index contributed by atoms with van der Waals surface area (Å²) in [6.45, 7) is 4.95. The molecule has 0 aromatic heterocycles. The zero-order valence-corrected chi connectivity index (χ0v) is 23.7. The van der Waals surface area contributed by atoms with Gasteiger partial charge in [0.05, 0.1) is 17.6 Å². The first-order chi connectivity index (χ1) is 18.3. The third-order valence-corrected chi connectivity index (χ3v) is 10.6. The highest BCUT2D eigenvalue weighted by atomic mass is 32.2. The van der Waals surface area contributed by atoms with Crippen molar-refractivity contribution in [2.24, 2.45) is 23.2 Å². The maximum absolute atomic E-state index is 13.1. The summed E-state index contributed by atoms with van der Waals surface area (Å²) in [5.41, 5.74) is 3.62. The predicted octanol–water partition coefficient (Wildman–Crippen LogP) is 5.45. The van der Waals surface area contributed by atoms with Crippen molar-refractivity contribution in [2.75, 3.05) is 34.4 Å². The van der Waals surface area contributed by atoms with Crippen molar-refractivity contribution < 1.29 is 31.5 Å². The van der Waals surface area contributed by atoms with Crippen molar-refractivity contribution in [3.05, 3.63) is 59.2 Å². The van der Waals surface area contributed by atoms with Crippen molar-refractivity contribution >= 4 is 10.1 Å². The Morgan fingerprint density at radius 2 is 1.74 bits per heavy atom. The topological polar surface area (TPSA) is 80.3 Å². The van der Waals surface area contributed by atoms with Crippen molar-refractivity contribution in [1.29, 1.82) is 0 Å². The highest BCUT2D eigenvalue weighted by Gasteiger charge is 2.57. The molecule has 0 aliphatic heterocycles. The zero-order valence-electron chi connectivity index (χ0n) is 22.9. The standard InChI is InChI=1S/C30H40O7S/c1-20-5-8-24(9-6-20)38(31,32)37-17-22-15-21-16-23(35-18-33-3)7-10-25(21)26-13-14-30(2)27(29(22)26)11-12-28(30)36-19-34-4/h5-10,16,22,26-29H,11-15,17-19H2,1-4H3/t22-,26?,27?,28-,29?,30-/m0/s1. The number of rotatable bonds is 10. The van der Waals surface area contributed by atoms with Gasteiger partial charge in [-0.2, -0.15) is 8.42 Å². The number of methoxy groups -OCH3 is 2. The summed E-state index contributed by atoms with van der Waals surface area (Å²) in [5, 5.41) is 0. The van der Waals surface area contributed by atoms with Crippen molar-refractivity contribution in [3.63, 3.8) is 0 Å². The van der Waals surface area contributed by atoms with Gasteiger partial charge >= 0.3 is 0 Å². The lowest BCUT2D eigenvalue weighted by Crippen LogP contribution is -2.48. The molecule has 0 bridgehead atoms. The lowest BCUT2D eigenvalue weighted by molar-refractivity contribution is -0.129. The van der Waals surface area contributed by atoms with Crippen LogP contribution in [0, 0.1) is 30.1 Å². The molecule has 5 rings (SSSR count). The minimum Gasteiger partial charge on any atom is -0.468 e. The Morgan fingerprint density at radius 1 is 0.974 bits per heavy atom. The van der Waals surface area contributed by atoms with E-state index in [1.54, 1.807) is 38.5 Å². The molecule has 2 aromatic rings. The third kappa shape index (κ3) is 5.26. The summed E-state index contributed by atoms with van der Waals surface area (Å²) < 4.78 is 54.3. The van der Waals surface area contributed by atoms with Crippen LogP contribution < -0.4 is 4.74 Å². The molecule has 2 aromatic carbocycles. The van der Waals surface area contributed by atoms with Crippen LogP contribution in [0.3, 0.4) is 0 Å². The molecule has 38 heavy (non-hydrogen) atoms. The molecule has 2 saturated carbocycles. The molecule has 2 fully saturated rings. The van der Waals surface area contributed by atoms with E-state index in [2.05, 4.69) is 19.1 Å². The molecule has 0 saturated heterocycles. The Labute approximate surface area is 226 Å². The van der Waals surface area contributed by atoms with Crippen LogP contribution in [-0.2, 0) is 34.9 Å². The van der Waals surface area contributed by atoms with Crippen LogP contribution >= 0.6 is 0 Å². The van der Waals surface area contributed by atoms with Gasteiger partial charge in [0.25, 0.3) is 10.1 Å². The average molecular weight is 545 g/mol. The summed E-state index contributed by atoms with van der Waals surface area (Å²) in [7, 11) is -0.585.